The molecule has 34 heavy (non-hydrogen) atoms. The number of nitrogens with zero attached hydrogens (tertiary/aromatic N) is 2. The van der Waals surface area contributed by atoms with Crippen LogP contribution in [-0.4, -0.2) is 28.6 Å². The van der Waals surface area contributed by atoms with Crippen LogP contribution < -0.4 is 10.1 Å². The smallest absolute Gasteiger partial charge is 0.257 e. The highest BCUT2D eigenvalue weighted by Gasteiger charge is 2.11. The first kappa shape index (κ1) is 25.8. The average Bonchev–Trinajstić information content (AvgIpc) is 3.22. The summed E-state index contributed by atoms with van der Waals surface area (Å²) >= 11 is 0. The quantitative estimate of drug-likeness (QED) is 0.227. The molecule has 0 aliphatic rings. The third-order valence-electron chi connectivity index (χ3n) is 6.25. The monoisotopic (exact) mass is 463 g/mol. The summed E-state index contributed by atoms with van der Waals surface area (Å²) in [6.07, 6.45) is 14.1. The first-order valence-electron chi connectivity index (χ1n) is 13.2. The van der Waals surface area contributed by atoms with Crippen molar-refractivity contribution in [3.8, 4) is 5.75 Å². The lowest BCUT2D eigenvalue weighted by Crippen LogP contribution is -2.31. The summed E-state index contributed by atoms with van der Waals surface area (Å²) in [4.78, 5) is 17.0. The molecular formula is C29H41N3O2. The van der Waals surface area contributed by atoms with E-state index in [1.54, 1.807) is 0 Å². The molecule has 2 aromatic carbocycles. The van der Waals surface area contributed by atoms with E-state index in [1.807, 2.05) is 36.4 Å². The molecule has 3 aromatic rings. The zero-order valence-corrected chi connectivity index (χ0v) is 20.8. The zero-order chi connectivity index (χ0) is 23.8. The molecule has 184 valence electrons. The van der Waals surface area contributed by atoms with Crippen molar-refractivity contribution in [2.24, 2.45) is 0 Å². The van der Waals surface area contributed by atoms with E-state index in [0.29, 0.717) is 18.7 Å². The molecule has 1 heterocycles. The second kappa shape index (κ2) is 15.2. The Morgan fingerprint density at radius 2 is 1.50 bits per heavy atom. The predicted molar refractivity (Wildman–Crippen MR) is 140 cm³/mol. The number of para-hydroxylation sites is 3. The molecule has 0 aliphatic heterocycles. The summed E-state index contributed by atoms with van der Waals surface area (Å²) in [7, 11) is 0. The Hall–Kier alpha value is -2.82. The summed E-state index contributed by atoms with van der Waals surface area (Å²) in [6, 6.07) is 17.7. The van der Waals surface area contributed by atoms with Crippen LogP contribution in [0.25, 0.3) is 11.0 Å². The van der Waals surface area contributed by atoms with Gasteiger partial charge in [-0.2, -0.15) is 0 Å². The molecular weight excluding hydrogens is 422 g/mol. The highest BCUT2D eigenvalue weighted by molar-refractivity contribution is 5.77. The summed E-state index contributed by atoms with van der Waals surface area (Å²) in [6.45, 7) is 3.84. The summed E-state index contributed by atoms with van der Waals surface area (Å²) in [5.41, 5.74) is 2.22. The highest BCUT2D eigenvalue weighted by atomic mass is 16.5. The minimum Gasteiger partial charge on any atom is -0.484 e. The molecule has 1 N–H and O–H groups in total. The first-order chi connectivity index (χ1) is 16.8. The fourth-order valence-corrected chi connectivity index (χ4v) is 4.35. The molecule has 0 aliphatic carbocycles. The number of carbonyl (C=O) groups excluding carboxylic acids is 1. The molecule has 0 radical (unpaired) electrons. The molecule has 0 spiro atoms. The Balaban J connectivity index is 1.40. The standard InChI is InChI=1S/C29H41N3O2/c1-2-3-4-5-6-7-8-9-10-16-23-32-27-20-15-14-19-26(27)31-28(32)21-22-30-29(33)24-34-25-17-12-11-13-18-25/h11-15,17-20H,2-10,16,21-24H2,1H3,(H,30,33). The SMILES string of the molecule is CCCCCCCCCCCCn1c(CCNC(=O)COc2ccccc2)nc2ccccc21. The lowest BCUT2D eigenvalue weighted by molar-refractivity contribution is -0.123. The summed E-state index contributed by atoms with van der Waals surface area (Å²) < 4.78 is 7.87. The number of imidazole rings is 1. The minimum atomic E-state index is -0.110. The Bertz CT molecular complexity index is 968. The van der Waals surface area contributed by atoms with E-state index < -0.39 is 0 Å². The van der Waals surface area contributed by atoms with Crippen LogP contribution in [0, 0.1) is 0 Å². The number of rotatable bonds is 17. The van der Waals surface area contributed by atoms with Gasteiger partial charge in [-0.3, -0.25) is 4.79 Å². The van der Waals surface area contributed by atoms with Crippen molar-refractivity contribution in [1.82, 2.24) is 14.9 Å². The molecule has 5 nitrogen and oxygen atoms in total. The topological polar surface area (TPSA) is 56.2 Å². The highest BCUT2D eigenvalue weighted by Crippen LogP contribution is 2.18. The zero-order valence-electron chi connectivity index (χ0n) is 20.8. The second-order valence-electron chi connectivity index (χ2n) is 9.05. The largest absolute Gasteiger partial charge is 0.484 e. The normalized spacial score (nSPS) is 11.1. The molecule has 1 aromatic heterocycles. The van der Waals surface area contributed by atoms with E-state index in [9.17, 15) is 4.79 Å². The van der Waals surface area contributed by atoms with Crippen molar-refractivity contribution in [2.45, 2.75) is 84.1 Å². The third kappa shape index (κ3) is 8.85. The Morgan fingerprint density at radius 1 is 0.853 bits per heavy atom. The second-order valence-corrected chi connectivity index (χ2v) is 9.05. The van der Waals surface area contributed by atoms with Gasteiger partial charge >= 0.3 is 0 Å². The minimum absolute atomic E-state index is 0.0268. The fourth-order valence-electron chi connectivity index (χ4n) is 4.35. The summed E-state index contributed by atoms with van der Waals surface area (Å²) in [5, 5.41) is 2.96. The number of ether oxygens (including phenoxy) is 1. The van der Waals surface area contributed by atoms with Gasteiger partial charge in [-0.05, 0) is 30.7 Å². The van der Waals surface area contributed by atoms with Crippen molar-refractivity contribution < 1.29 is 9.53 Å². The number of amides is 1. The van der Waals surface area contributed by atoms with Gasteiger partial charge in [0.15, 0.2) is 6.61 Å². The van der Waals surface area contributed by atoms with E-state index in [2.05, 4.69) is 35.0 Å². The molecule has 5 heteroatoms. The number of hydrogen-bond acceptors (Lipinski definition) is 3. The van der Waals surface area contributed by atoms with Crippen LogP contribution >= 0.6 is 0 Å². The van der Waals surface area contributed by atoms with Crippen molar-refractivity contribution >= 4 is 16.9 Å². The van der Waals surface area contributed by atoms with Gasteiger partial charge in [-0.1, -0.05) is 95.0 Å². The van der Waals surface area contributed by atoms with Gasteiger partial charge in [0, 0.05) is 19.5 Å². The van der Waals surface area contributed by atoms with Crippen molar-refractivity contribution in [2.75, 3.05) is 13.2 Å². The lowest BCUT2D eigenvalue weighted by Gasteiger charge is -2.11. The summed E-state index contributed by atoms with van der Waals surface area (Å²) in [5.74, 6) is 1.64. The number of hydrogen-bond donors (Lipinski definition) is 1. The van der Waals surface area contributed by atoms with Gasteiger partial charge in [0.2, 0.25) is 0 Å². The van der Waals surface area contributed by atoms with Crippen molar-refractivity contribution in [3.63, 3.8) is 0 Å². The molecule has 0 fully saturated rings. The van der Waals surface area contributed by atoms with Crippen molar-refractivity contribution in [1.29, 1.82) is 0 Å². The Labute approximate surface area is 204 Å². The molecule has 0 saturated heterocycles. The van der Waals surface area contributed by atoms with E-state index in [1.165, 1.54) is 69.7 Å². The van der Waals surface area contributed by atoms with E-state index in [-0.39, 0.29) is 12.5 Å². The first-order valence-corrected chi connectivity index (χ1v) is 13.2. The Kier molecular flexibility index (Phi) is 11.5. The van der Waals surface area contributed by atoms with Crippen molar-refractivity contribution in [3.05, 3.63) is 60.4 Å². The van der Waals surface area contributed by atoms with Gasteiger partial charge in [0.05, 0.1) is 11.0 Å². The van der Waals surface area contributed by atoms with Gasteiger partial charge in [-0.15, -0.1) is 0 Å². The maximum absolute atomic E-state index is 12.2. The Morgan fingerprint density at radius 3 is 2.24 bits per heavy atom. The maximum atomic E-state index is 12.2. The number of fused-ring (bicyclic) bond motifs is 1. The molecule has 0 bridgehead atoms. The predicted octanol–water partition coefficient (Wildman–Crippen LogP) is 6.69. The van der Waals surface area contributed by atoms with Crippen LogP contribution in [-0.2, 0) is 17.8 Å². The van der Waals surface area contributed by atoms with Gasteiger partial charge in [0.1, 0.15) is 11.6 Å². The van der Waals surface area contributed by atoms with E-state index in [4.69, 9.17) is 9.72 Å². The van der Waals surface area contributed by atoms with Gasteiger partial charge in [0.25, 0.3) is 5.91 Å². The van der Waals surface area contributed by atoms with Crippen LogP contribution in [0.2, 0.25) is 0 Å². The molecule has 1 amide bonds. The van der Waals surface area contributed by atoms with E-state index >= 15 is 0 Å². The van der Waals surface area contributed by atoms with Crippen LogP contribution in [0.3, 0.4) is 0 Å². The molecule has 0 atom stereocenters. The molecule has 0 saturated carbocycles. The number of unbranched alkanes of at least 4 members (excludes halogenated alkanes) is 9. The van der Waals surface area contributed by atoms with Gasteiger partial charge < -0.3 is 14.6 Å². The molecule has 0 unspecified atom stereocenters. The number of benzene rings is 2. The number of aromatic nitrogens is 2. The maximum Gasteiger partial charge on any atom is 0.257 e. The average molecular weight is 464 g/mol. The number of nitrogens with one attached hydrogen (secondary N) is 1. The van der Waals surface area contributed by atoms with Crippen LogP contribution in [0.5, 0.6) is 5.75 Å². The number of aryl methyl sites for hydroxylation is 1. The fraction of sp³-hybridized carbons (Fsp3) is 0.517. The third-order valence-corrected chi connectivity index (χ3v) is 6.25. The number of carbonyl (C=O) groups is 1. The van der Waals surface area contributed by atoms with E-state index in [0.717, 1.165) is 17.9 Å². The lowest BCUT2D eigenvalue weighted by atomic mass is 10.1. The van der Waals surface area contributed by atoms with Crippen LogP contribution in [0.15, 0.2) is 54.6 Å². The van der Waals surface area contributed by atoms with Crippen LogP contribution in [0.4, 0.5) is 0 Å². The van der Waals surface area contributed by atoms with Gasteiger partial charge in [-0.25, -0.2) is 4.98 Å². The molecule has 3 rings (SSSR count). The van der Waals surface area contributed by atoms with Crippen LogP contribution in [0.1, 0.15) is 77.0 Å².